The van der Waals surface area contributed by atoms with Crippen molar-refractivity contribution in [2.45, 2.75) is 31.4 Å². The van der Waals surface area contributed by atoms with Crippen LogP contribution in [0.1, 0.15) is 18.4 Å². The van der Waals surface area contributed by atoms with Gasteiger partial charge in [0, 0.05) is 13.0 Å². The monoisotopic (exact) mass is 264 g/mol. The van der Waals surface area contributed by atoms with Gasteiger partial charge >= 0.3 is 0 Å². The molecular weight excluding hydrogens is 244 g/mol. The molecule has 1 aromatic carbocycles. The number of nitrogens with one attached hydrogen (secondary N) is 2. The quantitative estimate of drug-likeness (QED) is 0.624. The Labute approximate surface area is 112 Å². The van der Waals surface area contributed by atoms with Crippen LogP contribution in [0, 0.1) is 0 Å². The van der Waals surface area contributed by atoms with E-state index in [1.54, 1.807) is 12.1 Å². The largest absolute Gasteiger partial charge is 0.508 e. The molecule has 19 heavy (non-hydrogen) atoms. The molecule has 0 unspecified atom stereocenters. The molecule has 2 atom stereocenters. The first-order valence-electron chi connectivity index (χ1n) is 6.61. The van der Waals surface area contributed by atoms with Gasteiger partial charge in [0.05, 0.1) is 12.1 Å². The molecule has 1 heterocycles. The molecule has 0 radical (unpaired) electrons. The van der Waals surface area contributed by atoms with Crippen molar-refractivity contribution in [1.29, 1.82) is 0 Å². The van der Waals surface area contributed by atoms with Crippen LogP contribution in [0.15, 0.2) is 24.3 Å². The van der Waals surface area contributed by atoms with Gasteiger partial charge in [-0.3, -0.25) is 4.79 Å². The molecule has 0 spiro atoms. The van der Waals surface area contributed by atoms with Gasteiger partial charge in [0.2, 0.25) is 5.91 Å². The molecule has 5 heteroatoms. The summed E-state index contributed by atoms with van der Waals surface area (Å²) in [5, 5.41) is 24.8. The summed E-state index contributed by atoms with van der Waals surface area (Å²) in [4.78, 5) is 11.8. The number of carbonyl (C=O) groups is 1. The highest BCUT2D eigenvalue weighted by Crippen LogP contribution is 2.11. The summed E-state index contributed by atoms with van der Waals surface area (Å²) in [7, 11) is 0. The number of carbonyl (C=O) groups excluding carboxylic acids is 1. The van der Waals surface area contributed by atoms with Crippen molar-refractivity contribution >= 4 is 5.91 Å². The van der Waals surface area contributed by atoms with Gasteiger partial charge in [-0.25, -0.2) is 0 Å². The number of phenolic OH excluding ortho intramolecular Hbond substituents is 1. The molecule has 0 aliphatic carbocycles. The second kappa shape index (κ2) is 6.54. The zero-order valence-electron chi connectivity index (χ0n) is 10.8. The van der Waals surface area contributed by atoms with Crippen molar-refractivity contribution in [3.05, 3.63) is 29.8 Å². The molecule has 1 fully saturated rings. The number of piperidine rings is 1. The molecule has 104 valence electrons. The first-order valence-corrected chi connectivity index (χ1v) is 6.61. The zero-order chi connectivity index (χ0) is 13.7. The third-order valence-electron chi connectivity index (χ3n) is 3.37. The van der Waals surface area contributed by atoms with Crippen molar-refractivity contribution in [3.8, 4) is 5.75 Å². The lowest BCUT2D eigenvalue weighted by atomic mass is 10.0. The normalized spacial score (nSPS) is 23.0. The molecule has 4 N–H and O–H groups in total. The van der Waals surface area contributed by atoms with Crippen LogP contribution >= 0.6 is 0 Å². The summed E-state index contributed by atoms with van der Waals surface area (Å²) in [6.45, 7) is 1.35. The van der Waals surface area contributed by atoms with Crippen LogP contribution in [0.25, 0.3) is 0 Å². The lowest BCUT2D eigenvalue weighted by Crippen LogP contribution is -2.52. The number of phenols is 1. The van der Waals surface area contributed by atoms with Crippen molar-refractivity contribution in [3.63, 3.8) is 0 Å². The molecule has 1 aromatic rings. The number of aryl methyl sites for hydroxylation is 1. The Bertz CT molecular complexity index is 419. The van der Waals surface area contributed by atoms with Crippen LogP contribution in [0.5, 0.6) is 5.75 Å². The number of amides is 1. The Morgan fingerprint density at radius 2 is 2.11 bits per heavy atom. The van der Waals surface area contributed by atoms with Gasteiger partial charge in [-0.05, 0) is 37.1 Å². The number of aromatic hydroxyl groups is 1. The maximum Gasteiger partial charge on any atom is 0.220 e. The van der Waals surface area contributed by atoms with Crippen LogP contribution in [0.4, 0.5) is 0 Å². The molecular formula is C14H20N2O3. The SMILES string of the molecule is O=C(CCc1ccc(O)cc1)N[C@@H]1CCNC[C@H]1O. The number of rotatable bonds is 4. The van der Waals surface area contributed by atoms with Gasteiger partial charge < -0.3 is 20.8 Å². The molecule has 2 rings (SSSR count). The Hall–Kier alpha value is -1.59. The first kappa shape index (κ1) is 13.8. The van der Waals surface area contributed by atoms with E-state index in [2.05, 4.69) is 10.6 Å². The number of aliphatic hydroxyl groups is 1. The van der Waals surface area contributed by atoms with Crippen LogP contribution in [-0.2, 0) is 11.2 Å². The second-order valence-corrected chi connectivity index (χ2v) is 4.90. The smallest absolute Gasteiger partial charge is 0.220 e. The minimum Gasteiger partial charge on any atom is -0.508 e. The highest BCUT2D eigenvalue weighted by molar-refractivity contribution is 5.76. The lowest BCUT2D eigenvalue weighted by Gasteiger charge is -2.29. The molecule has 0 bridgehead atoms. The van der Waals surface area contributed by atoms with E-state index in [9.17, 15) is 9.90 Å². The molecule has 1 amide bonds. The summed E-state index contributed by atoms with van der Waals surface area (Å²) in [5.74, 6) is 0.185. The average Bonchev–Trinajstić information content (AvgIpc) is 2.41. The van der Waals surface area contributed by atoms with E-state index in [4.69, 9.17) is 5.11 Å². The number of benzene rings is 1. The van der Waals surface area contributed by atoms with E-state index < -0.39 is 6.10 Å². The van der Waals surface area contributed by atoms with Crippen LogP contribution in [0.2, 0.25) is 0 Å². The minimum absolute atomic E-state index is 0.0426. The van der Waals surface area contributed by atoms with Crippen LogP contribution < -0.4 is 10.6 Å². The van der Waals surface area contributed by atoms with Crippen molar-refractivity contribution in [1.82, 2.24) is 10.6 Å². The molecule has 5 nitrogen and oxygen atoms in total. The Kier molecular flexibility index (Phi) is 4.76. The van der Waals surface area contributed by atoms with E-state index in [0.29, 0.717) is 19.4 Å². The van der Waals surface area contributed by atoms with Gasteiger partial charge in [0.15, 0.2) is 0 Å². The molecule has 1 aliphatic heterocycles. The van der Waals surface area contributed by atoms with Gasteiger partial charge in [-0.2, -0.15) is 0 Å². The molecule has 0 saturated carbocycles. The Balaban J connectivity index is 1.76. The highest BCUT2D eigenvalue weighted by Gasteiger charge is 2.23. The number of β-amino-alcohol motifs (C(OH)–C–C–N with tert-alkyl or cyclic N) is 1. The van der Waals surface area contributed by atoms with E-state index in [1.807, 2.05) is 12.1 Å². The van der Waals surface area contributed by atoms with Crippen molar-refractivity contribution < 1.29 is 15.0 Å². The van der Waals surface area contributed by atoms with Gasteiger partial charge in [-0.1, -0.05) is 12.1 Å². The van der Waals surface area contributed by atoms with Gasteiger partial charge in [0.1, 0.15) is 5.75 Å². The average molecular weight is 264 g/mol. The second-order valence-electron chi connectivity index (χ2n) is 4.90. The van der Waals surface area contributed by atoms with Gasteiger partial charge in [0.25, 0.3) is 0 Å². The highest BCUT2D eigenvalue weighted by atomic mass is 16.3. The predicted molar refractivity (Wildman–Crippen MR) is 71.9 cm³/mol. The van der Waals surface area contributed by atoms with Crippen molar-refractivity contribution in [2.75, 3.05) is 13.1 Å². The molecule has 0 aromatic heterocycles. The third kappa shape index (κ3) is 4.22. The summed E-state index contributed by atoms with van der Waals surface area (Å²) >= 11 is 0. The Morgan fingerprint density at radius 3 is 2.79 bits per heavy atom. The van der Waals surface area contributed by atoms with Crippen LogP contribution in [0.3, 0.4) is 0 Å². The van der Waals surface area contributed by atoms with E-state index >= 15 is 0 Å². The fraction of sp³-hybridized carbons (Fsp3) is 0.500. The maximum absolute atomic E-state index is 11.8. The lowest BCUT2D eigenvalue weighted by molar-refractivity contribution is -0.122. The Morgan fingerprint density at radius 1 is 1.37 bits per heavy atom. The summed E-state index contributed by atoms with van der Waals surface area (Å²) in [6, 6.07) is 6.70. The van der Waals surface area contributed by atoms with Gasteiger partial charge in [-0.15, -0.1) is 0 Å². The van der Waals surface area contributed by atoms with E-state index in [0.717, 1.165) is 18.5 Å². The summed E-state index contributed by atoms with van der Waals surface area (Å²) in [5.41, 5.74) is 1.01. The molecule has 1 aliphatic rings. The summed E-state index contributed by atoms with van der Waals surface area (Å²) in [6.07, 6.45) is 1.27. The predicted octanol–water partition coefficient (Wildman–Crippen LogP) is 0.164. The maximum atomic E-state index is 11.8. The van der Waals surface area contributed by atoms with Crippen molar-refractivity contribution in [2.24, 2.45) is 0 Å². The minimum atomic E-state index is -0.508. The molecule has 1 saturated heterocycles. The number of hydrogen-bond donors (Lipinski definition) is 4. The summed E-state index contributed by atoms with van der Waals surface area (Å²) < 4.78 is 0. The standard InChI is InChI=1S/C14H20N2O3/c17-11-4-1-10(2-5-11)3-6-14(19)16-12-7-8-15-9-13(12)18/h1-2,4-5,12-13,15,17-18H,3,6-9H2,(H,16,19)/t12-,13-/m1/s1. The topological polar surface area (TPSA) is 81.6 Å². The number of hydrogen-bond acceptors (Lipinski definition) is 4. The third-order valence-corrected chi connectivity index (χ3v) is 3.37. The zero-order valence-corrected chi connectivity index (χ0v) is 10.8. The fourth-order valence-electron chi connectivity index (χ4n) is 2.21. The van der Waals surface area contributed by atoms with Crippen LogP contribution in [-0.4, -0.2) is 41.4 Å². The van der Waals surface area contributed by atoms with E-state index in [1.165, 1.54) is 0 Å². The van der Waals surface area contributed by atoms with E-state index in [-0.39, 0.29) is 17.7 Å². The fourth-order valence-corrected chi connectivity index (χ4v) is 2.21. The first-order chi connectivity index (χ1) is 9.15. The number of aliphatic hydroxyl groups excluding tert-OH is 1.